The van der Waals surface area contributed by atoms with Gasteiger partial charge in [-0.25, -0.2) is 0 Å². The van der Waals surface area contributed by atoms with Gasteiger partial charge in [-0.15, -0.1) is 0 Å². The van der Waals surface area contributed by atoms with E-state index >= 15 is 0 Å². The van der Waals surface area contributed by atoms with Crippen molar-refractivity contribution in [2.45, 2.75) is 6.92 Å². The third-order valence-corrected chi connectivity index (χ3v) is 4.77. The molecule has 2 amide bonds. The predicted molar refractivity (Wildman–Crippen MR) is 106 cm³/mol. The first-order valence-electron chi connectivity index (χ1n) is 9.05. The first kappa shape index (κ1) is 18.7. The van der Waals surface area contributed by atoms with Gasteiger partial charge in [-0.3, -0.25) is 9.59 Å². The van der Waals surface area contributed by atoms with Gasteiger partial charge in [0.25, 0.3) is 5.91 Å². The molecule has 0 aliphatic carbocycles. The van der Waals surface area contributed by atoms with Crippen LogP contribution in [-0.4, -0.2) is 54.9 Å². The average Bonchev–Trinajstić information content (AvgIpc) is 2.72. The van der Waals surface area contributed by atoms with E-state index in [2.05, 4.69) is 0 Å². The summed E-state index contributed by atoms with van der Waals surface area (Å²) in [5.41, 5.74) is 2.34. The number of benzene rings is 2. The summed E-state index contributed by atoms with van der Waals surface area (Å²) in [5, 5.41) is 0. The fraction of sp³-hybridized carbons (Fsp3) is 0.273. The van der Waals surface area contributed by atoms with Crippen LogP contribution in [0.5, 0.6) is 5.75 Å². The zero-order chi connectivity index (χ0) is 19.2. The third-order valence-electron chi connectivity index (χ3n) is 4.77. The van der Waals surface area contributed by atoms with E-state index in [9.17, 15) is 9.59 Å². The van der Waals surface area contributed by atoms with E-state index in [1.165, 1.54) is 0 Å². The lowest BCUT2D eigenvalue weighted by Crippen LogP contribution is -2.50. The highest BCUT2D eigenvalue weighted by atomic mass is 16.5. The minimum atomic E-state index is -0.0321. The molecule has 27 heavy (non-hydrogen) atoms. The lowest BCUT2D eigenvalue weighted by atomic mass is 10.0. The molecule has 0 bridgehead atoms. The van der Waals surface area contributed by atoms with E-state index in [-0.39, 0.29) is 11.8 Å². The molecule has 0 unspecified atom stereocenters. The molecular formula is C22H24N2O3. The second kappa shape index (κ2) is 8.54. The summed E-state index contributed by atoms with van der Waals surface area (Å²) in [6.45, 7) is 3.77. The number of carbonyl (C=O) groups excluding carboxylic acids is 2. The maximum Gasteiger partial charge on any atom is 0.254 e. The lowest BCUT2D eigenvalue weighted by molar-refractivity contribution is -0.135. The molecule has 1 saturated heterocycles. The molecule has 0 aromatic heterocycles. The SMILES string of the molecule is COc1ccccc1C=C(C(=O)N1CCN(C(C)=O)CC1)c1ccccc1. The molecule has 0 saturated carbocycles. The van der Waals surface area contributed by atoms with Gasteiger partial charge in [-0.2, -0.15) is 0 Å². The number of rotatable bonds is 4. The first-order chi connectivity index (χ1) is 13.1. The molecule has 0 atom stereocenters. The number of nitrogens with zero attached hydrogens (tertiary/aromatic N) is 2. The number of methoxy groups -OCH3 is 1. The van der Waals surface area contributed by atoms with Crippen LogP contribution in [0.2, 0.25) is 0 Å². The molecule has 2 aromatic carbocycles. The summed E-state index contributed by atoms with van der Waals surface area (Å²) in [5.74, 6) is 0.741. The minimum absolute atomic E-state index is 0.0321. The van der Waals surface area contributed by atoms with Crippen molar-refractivity contribution in [2.24, 2.45) is 0 Å². The summed E-state index contributed by atoms with van der Waals surface area (Å²) >= 11 is 0. The average molecular weight is 364 g/mol. The summed E-state index contributed by atoms with van der Waals surface area (Å²) in [6, 6.07) is 17.3. The van der Waals surface area contributed by atoms with Crippen molar-refractivity contribution in [1.82, 2.24) is 9.80 Å². The molecule has 1 aliphatic heterocycles. The quantitative estimate of drug-likeness (QED) is 0.619. The van der Waals surface area contributed by atoms with Crippen molar-refractivity contribution in [3.05, 3.63) is 65.7 Å². The van der Waals surface area contributed by atoms with Crippen LogP contribution in [0.25, 0.3) is 11.6 Å². The number of ether oxygens (including phenoxy) is 1. The van der Waals surface area contributed by atoms with Gasteiger partial charge in [-0.1, -0.05) is 48.5 Å². The Kier molecular flexibility index (Phi) is 5.91. The van der Waals surface area contributed by atoms with E-state index in [0.29, 0.717) is 31.8 Å². The fourth-order valence-corrected chi connectivity index (χ4v) is 3.22. The van der Waals surface area contributed by atoms with E-state index < -0.39 is 0 Å². The van der Waals surface area contributed by atoms with Crippen LogP contribution in [0.3, 0.4) is 0 Å². The molecule has 0 spiro atoms. The number of carbonyl (C=O) groups is 2. The van der Waals surface area contributed by atoms with E-state index in [1.807, 2.05) is 65.6 Å². The molecule has 1 heterocycles. The van der Waals surface area contributed by atoms with Crippen molar-refractivity contribution < 1.29 is 14.3 Å². The van der Waals surface area contributed by atoms with E-state index in [0.717, 1.165) is 16.9 Å². The zero-order valence-electron chi connectivity index (χ0n) is 15.7. The van der Waals surface area contributed by atoms with Gasteiger partial charge >= 0.3 is 0 Å². The monoisotopic (exact) mass is 364 g/mol. The van der Waals surface area contributed by atoms with Crippen LogP contribution < -0.4 is 4.74 Å². The summed E-state index contributed by atoms with van der Waals surface area (Å²) in [7, 11) is 1.62. The highest BCUT2D eigenvalue weighted by Crippen LogP contribution is 2.26. The van der Waals surface area contributed by atoms with Crippen LogP contribution in [0.1, 0.15) is 18.1 Å². The highest BCUT2D eigenvalue weighted by Gasteiger charge is 2.25. The van der Waals surface area contributed by atoms with Gasteiger partial charge in [0.2, 0.25) is 5.91 Å². The Hall–Kier alpha value is -3.08. The largest absolute Gasteiger partial charge is 0.496 e. The molecule has 0 N–H and O–H groups in total. The number of hydrogen-bond donors (Lipinski definition) is 0. The summed E-state index contributed by atoms with van der Waals surface area (Å²) in [4.78, 5) is 28.4. The van der Waals surface area contributed by atoms with Gasteiger partial charge in [-0.05, 0) is 17.7 Å². The van der Waals surface area contributed by atoms with Crippen LogP contribution in [-0.2, 0) is 9.59 Å². The van der Waals surface area contributed by atoms with Gasteiger partial charge in [0, 0.05) is 44.2 Å². The summed E-state index contributed by atoms with van der Waals surface area (Å²) < 4.78 is 5.43. The predicted octanol–water partition coefficient (Wildman–Crippen LogP) is 2.93. The Morgan fingerprint density at radius 1 is 0.889 bits per heavy atom. The Labute approximate surface area is 159 Å². The molecule has 140 valence electrons. The van der Waals surface area contributed by atoms with Crippen molar-refractivity contribution in [1.29, 1.82) is 0 Å². The van der Waals surface area contributed by atoms with Crippen molar-refractivity contribution in [3.8, 4) is 5.75 Å². The van der Waals surface area contributed by atoms with Crippen LogP contribution in [0.4, 0.5) is 0 Å². The number of para-hydroxylation sites is 1. The van der Waals surface area contributed by atoms with Crippen molar-refractivity contribution >= 4 is 23.5 Å². The number of hydrogen-bond acceptors (Lipinski definition) is 3. The zero-order valence-corrected chi connectivity index (χ0v) is 15.7. The van der Waals surface area contributed by atoms with E-state index in [1.54, 1.807) is 18.9 Å². The second-order valence-corrected chi connectivity index (χ2v) is 6.46. The minimum Gasteiger partial charge on any atom is -0.496 e. The molecular weight excluding hydrogens is 340 g/mol. The lowest BCUT2D eigenvalue weighted by Gasteiger charge is -2.34. The Morgan fingerprint density at radius 3 is 2.11 bits per heavy atom. The van der Waals surface area contributed by atoms with E-state index in [4.69, 9.17) is 4.74 Å². The van der Waals surface area contributed by atoms with Gasteiger partial charge in [0.1, 0.15) is 5.75 Å². The van der Waals surface area contributed by atoms with Gasteiger partial charge in [0.15, 0.2) is 0 Å². The molecule has 2 aromatic rings. The van der Waals surface area contributed by atoms with Crippen molar-refractivity contribution in [3.63, 3.8) is 0 Å². The smallest absolute Gasteiger partial charge is 0.254 e. The standard InChI is InChI=1S/C22H24N2O3/c1-17(25)23-12-14-24(15-13-23)22(26)20(18-8-4-3-5-9-18)16-19-10-6-7-11-21(19)27-2/h3-11,16H,12-15H2,1-2H3. The second-order valence-electron chi connectivity index (χ2n) is 6.46. The molecule has 1 aliphatic rings. The molecule has 5 heteroatoms. The Morgan fingerprint density at radius 2 is 1.48 bits per heavy atom. The molecule has 5 nitrogen and oxygen atoms in total. The summed E-state index contributed by atoms with van der Waals surface area (Å²) in [6.07, 6.45) is 1.88. The fourth-order valence-electron chi connectivity index (χ4n) is 3.22. The normalized spacial score (nSPS) is 14.8. The molecule has 0 radical (unpaired) electrons. The topological polar surface area (TPSA) is 49.9 Å². The highest BCUT2D eigenvalue weighted by molar-refractivity contribution is 6.24. The van der Waals surface area contributed by atoms with Crippen LogP contribution in [0, 0.1) is 0 Å². The maximum absolute atomic E-state index is 13.3. The first-order valence-corrected chi connectivity index (χ1v) is 9.05. The Balaban J connectivity index is 1.93. The van der Waals surface area contributed by atoms with Crippen LogP contribution in [0.15, 0.2) is 54.6 Å². The number of amides is 2. The number of piperazine rings is 1. The maximum atomic E-state index is 13.3. The van der Waals surface area contributed by atoms with Crippen LogP contribution >= 0.6 is 0 Å². The Bertz CT molecular complexity index is 838. The van der Waals surface area contributed by atoms with Gasteiger partial charge < -0.3 is 14.5 Å². The third kappa shape index (κ3) is 4.37. The molecule has 3 rings (SSSR count). The molecule has 1 fully saturated rings. The van der Waals surface area contributed by atoms with Gasteiger partial charge in [0.05, 0.1) is 7.11 Å². The van der Waals surface area contributed by atoms with Crippen molar-refractivity contribution in [2.75, 3.05) is 33.3 Å².